The average molecular weight is 995 g/mol. The molecule has 2 heterocycles. The summed E-state index contributed by atoms with van der Waals surface area (Å²) < 4.78 is 33.6. The molecule has 15 heteroatoms. The van der Waals surface area contributed by atoms with Gasteiger partial charge < -0.3 is 64.2 Å². The fourth-order valence-corrected chi connectivity index (χ4v) is 8.13. The van der Waals surface area contributed by atoms with Crippen LogP contribution in [0.5, 0.6) is 0 Å². The van der Waals surface area contributed by atoms with Crippen LogP contribution >= 0.6 is 0 Å². The molecule has 0 aliphatic carbocycles. The van der Waals surface area contributed by atoms with Gasteiger partial charge in [-0.1, -0.05) is 177 Å². The van der Waals surface area contributed by atoms with Crippen molar-refractivity contribution < 1.29 is 73.8 Å². The molecule has 0 radical (unpaired) electrons. The first-order valence-corrected chi connectivity index (χ1v) is 26.9. The van der Waals surface area contributed by atoms with Gasteiger partial charge in [0.15, 0.2) is 18.7 Å². The first-order valence-electron chi connectivity index (χ1n) is 26.9. The molecule has 0 aromatic rings. The number of rotatable bonds is 41. The molecule has 2 rings (SSSR count). The molecule has 0 bridgehead atoms. The Morgan fingerprint density at radius 3 is 1.40 bits per heavy atom. The molecule has 2 saturated heterocycles. The Hall–Kier alpha value is -2.80. The molecule has 11 atom stereocenters. The summed E-state index contributed by atoms with van der Waals surface area (Å²) in [6, 6.07) is 0. The lowest BCUT2D eigenvalue weighted by Gasteiger charge is -2.42. The summed E-state index contributed by atoms with van der Waals surface area (Å²) in [4.78, 5) is 25.8. The lowest BCUT2D eigenvalue weighted by Crippen LogP contribution is -2.61. The van der Waals surface area contributed by atoms with Gasteiger partial charge >= 0.3 is 11.9 Å². The van der Waals surface area contributed by atoms with Crippen LogP contribution in [-0.4, -0.2) is 142 Å². The second-order valence-electron chi connectivity index (χ2n) is 18.7. The summed E-state index contributed by atoms with van der Waals surface area (Å²) in [7, 11) is 0. The van der Waals surface area contributed by atoms with E-state index in [2.05, 4.69) is 68.5 Å². The molecular weight excluding hydrogens is 901 g/mol. The third kappa shape index (κ3) is 29.0. The smallest absolute Gasteiger partial charge is 0.306 e. The number of aliphatic hydroxyl groups excluding tert-OH is 7. The lowest BCUT2D eigenvalue weighted by molar-refractivity contribution is -0.332. The number of unbranched alkanes of at least 4 members (excludes halogenated alkanes) is 17. The molecule has 0 saturated carbocycles. The summed E-state index contributed by atoms with van der Waals surface area (Å²) in [6.45, 7) is 2.43. The highest BCUT2D eigenvalue weighted by molar-refractivity contribution is 5.70. The topological polar surface area (TPSA) is 231 Å². The summed E-state index contributed by atoms with van der Waals surface area (Å²) in [6.07, 6.45) is 31.1. The molecule has 0 spiro atoms. The van der Waals surface area contributed by atoms with E-state index in [1.807, 2.05) is 6.08 Å². The van der Waals surface area contributed by atoms with Gasteiger partial charge in [-0.05, 0) is 51.4 Å². The molecule has 70 heavy (non-hydrogen) atoms. The van der Waals surface area contributed by atoms with Crippen molar-refractivity contribution in [2.45, 2.75) is 248 Å². The first kappa shape index (κ1) is 63.3. The maximum atomic E-state index is 13.0. The van der Waals surface area contributed by atoms with Crippen molar-refractivity contribution in [2.75, 3.05) is 26.4 Å². The third-order valence-corrected chi connectivity index (χ3v) is 12.5. The normalized spacial score (nSPS) is 25.8. The van der Waals surface area contributed by atoms with Crippen LogP contribution in [-0.2, 0) is 38.0 Å². The van der Waals surface area contributed by atoms with Crippen LogP contribution in [0.15, 0.2) is 60.8 Å². The maximum absolute atomic E-state index is 13.0. The highest BCUT2D eigenvalue weighted by Crippen LogP contribution is 2.26. The number of carbonyl (C=O) groups excluding carboxylic acids is 2. The van der Waals surface area contributed by atoms with Crippen LogP contribution in [0.4, 0.5) is 0 Å². The highest BCUT2D eigenvalue weighted by Gasteiger charge is 2.47. The van der Waals surface area contributed by atoms with Gasteiger partial charge in [-0.2, -0.15) is 0 Å². The van der Waals surface area contributed by atoms with E-state index in [1.54, 1.807) is 0 Å². The minimum Gasteiger partial charge on any atom is -0.462 e. The Bertz CT molecular complexity index is 1450. The number of aliphatic hydroxyl groups is 7. The molecule has 7 N–H and O–H groups in total. The molecule has 15 nitrogen and oxygen atoms in total. The zero-order valence-corrected chi connectivity index (χ0v) is 42.7. The SMILES string of the molecule is CC/C=C/C/C=C/C/C=C/C/C=C/C/C=C/CCCC(=O)OC[C@@H](CO[C@@H]1O[C@H](CO[C@@H]2O[C@H](CO)[C@H](O)C(O)C2O)[C@H](O)C(O)C1O)OC(=O)CCCCCCCCCCCCCCCCCCC. The van der Waals surface area contributed by atoms with Crippen molar-refractivity contribution in [1.82, 2.24) is 0 Å². The van der Waals surface area contributed by atoms with Crippen LogP contribution in [0, 0.1) is 0 Å². The van der Waals surface area contributed by atoms with Crippen LogP contribution in [0.1, 0.15) is 181 Å². The van der Waals surface area contributed by atoms with Gasteiger partial charge in [-0.25, -0.2) is 0 Å². The van der Waals surface area contributed by atoms with E-state index in [0.29, 0.717) is 19.3 Å². The molecule has 2 aliphatic heterocycles. The largest absolute Gasteiger partial charge is 0.462 e. The summed E-state index contributed by atoms with van der Waals surface area (Å²) in [5, 5.41) is 72.1. The van der Waals surface area contributed by atoms with Crippen LogP contribution in [0.2, 0.25) is 0 Å². The first-order chi connectivity index (χ1) is 34.0. The molecule has 0 aromatic heterocycles. The predicted octanol–water partition coefficient (Wildman–Crippen LogP) is 8.05. The summed E-state index contributed by atoms with van der Waals surface area (Å²) in [5.74, 6) is -0.991. The summed E-state index contributed by atoms with van der Waals surface area (Å²) >= 11 is 0. The molecule has 2 aliphatic rings. The Balaban J connectivity index is 1.81. The van der Waals surface area contributed by atoms with Gasteiger partial charge in [0.05, 0.1) is 19.8 Å². The van der Waals surface area contributed by atoms with E-state index >= 15 is 0 Å². The van der Waals surface area contributed by atoms with Crippen molar-refractivity contribution in [1.29, 1.82) is 0 Å². The van der Waals surface area contributed by atoms with E-state index in [0.717, 1.165) is 51.4 Å². The number of hydrogen-bond donors (Lipinski definition) is 7. The van der Waals surface area contributed by atoms with Gasteiger partial charge in [-0.3, -0.25) is 9.59 Å². The van der Waals surface area contributed by atoms with Crippen LogP contribution in [0.3, 0.4) is 0 Å². The number of hydrogen-bond acceptors (Lipinski definition) is 15. The minimum absolute atomic E-state index is 0.139. The Labute approximate surface area is 420 Å². The highest BCUT2D eigenvalue weighted by atomic mass is 16.7. The van der Waals surface area contributed by atoms with Crippen molar-refractivity contribution in [3.8, 4) is 0 Å². The Morgan fingerprint density at radius 1 is 0.471 bits per heavy atom. The van der Waals surface area contributed by atoms with Crippen molar-refractivity contribution >= 4 is 11.9 Å². The van der Waals surface area contributed by atoms with Crippen molar-refractivity contribution in [3.05, 3.63) is 60.8 Å². The van der Waals surface area contributed by atoms with E-state index in [4.69, 9.17) is 28.4 Å². The van der Waals surface area contributed by atoms with E-state index < -0.39 is 99.3 Å². The zero-order valence-electron chi connectivity index (χ0n) is 42.7. The summed E-state index contributed by atoms with van der Waals surface area (Å²) in [5.41, 5.74) is 0. The number of carbonyl (C=O) groups is 2. The number of ether oxygens (including phenoxy) is 6. The lowest BCUT2D eigenvalue weighted by atomic mass is 9.98. The van der Waals surface area contributed by atoms with Crippen molar-refractivity contribution in [2.24, 2.45) is 0 Å². The van der Waals surface area contributed by atoms with Crippen molar-refractivity contribution in [3.63, 3.8) is 0 Å². The van der Waals surface area contributed by atoms with E-state index in [1.165, 1.54) is 83.5 Å². The Morgan fingerprint density at radius 2 is 0.900 bits per heavy atom. The van der Waals surface area contributed by atoms with Gasteiger partial charge in [-0.15, -0.1) is 0 Å². The number of esters is 2. The average Bonchev–Trinajstić information content (AvgIpc) is 3.35. The molecule has 0 amide bonds. The maximum Gasteiger partial charge on any atom is 0.306 e. The van der Waals surface area contributed by atoms with Gasteiger partial charge in [0.25, 0.3) is 0 Å². The monoisotopic (exact) mass is 995 g/mol. The second-order valence-corrected chi connectivity index (χ2v) is 18.7. The number of allylic oxidation sites excluding steroid dienone is 10. The fraction of sp³-hybridized carbons (Fsp3) is 0.782. The van der Waals surface area contributed by atoms with Crippen LogP contribution < -0.4 is 0 Å². The van der Waals surface area contributed by atoms with E-state index in [9.17, 15) is 45.3 Å². The zero-order chi connectivity index (χ0) is 51.0. The molecule has 2 fully saturated rings. The van der Waals surface area contributed by atoms with Gasteiger partial charge in [0.1, 0.15) is 55.4 Å². The van der Waals surface area contributed by atoms with Gasteiger partial charge in [0, 0.05) is 12.8 Å². The minimum atomic E-state index is -1.77. The fourth-order valence-electron chi connectivity index (χ4n) is 8.13. The second kappa shape index (κ2) is 41.6. The third-order valence-electron chi connectivity index (χ3n) is 12.5. The molecule has 4 unspecified atom stereocenters. The molecular formula is C55H94O15. The van der Waals surface area contributed by atoms with E-state index in [-0.39, 0.29) is 19.4 Å². The standard InChI is InChI=1S/C55H94O15/c1-3-5-7-9-11-13-15-17-19-21-23-25-27-29-31-33-35-37-46(57)65-40-43(68-47(58)38-36-34-32-30-28-26-24-22-20-18-16-14-12-10-8-6-4-2)41-66-54-53(64)51(62)49(60)45(70-54)42-67-55-52(63)50(61)48(59)44(39-56)69-55/h5,7,11,13,17,19,23,25,29,31,43-45,48-56,59-64H,3-4,6,8-10,12,14-16,18,20-22,24,26-28,30,32-42H2,1-2H3/b7-5+,13-11+,19-17+,25-23+,31-29+/t43-,44+,45+,48-,49-,50?,51?,52?,53?,54+,55+/m0/s1. The van der Waals surface area contributed by atoms with Gasteiger partial charge in [0.2, 0.25) is 0 Å². The van der Waals surface area contributed by atoms with Crippen LogP contribution in [0.25, 0.3) is 0 Å². The quantitative estimate of drug-likeness (QED) is 0.0175. The molecule has 0 aromatic carbocycles. The molecule has 404 valence electrons. The Kier molecular flexibility index (Phi) is 37.7. The predicted molar refractivity (Wildman–Crippen MR) is 270 cm³/mol.